The van der Waals surface area contributed by atoms with Crippen LogP contribution in [0.2, 0.25) is 0 Å². The van der Waals surface area contributed by atoms with Crippen LogP contribution in [0.5, 0.6) is 0 Å². The molecule has 0 spiro atoms. The lowest BCUT2D eigenvalue weighted by atomic mass is 9.94. The van der Waals surface area contributed by atoms with Crippen LogP contribution in [-0.4, -0.2) is 9.97 Å². The van der Waals surface area contributed by atoms with E-state index >= 15 is 0 Å². The van der Waals surface area contributed by atoms with Crippen molar-refractivity contribution in [1.29, 1.82) is 0 Å². The third kappa shape index (κ3) is 5.85. The predicted octanol–water partition coefficient (Wildman–Crippen LogP) is 13.5. The Bertz CT molecular complexity index is 2930. The molecule has 3 heteroatoms. The average Bonchev–Trinajstić information content (AvgIpc) is 3.62. The number of nitrogens with zero attached hydrogens (tertiary/aromatic N) is 2. The molecule has 0 radical (unpaired) electrons. The molecule has 0 unspecified atom stereocenters. The van der Waals surface area contributed by atoms with Gasteiger partial charge in [-0.05, 0) is 92.7 Å². The van der Waals surface area contributed by atoms with Crippen LogP contribution >= 0.6 is 0 Å². The van der Waals surface area contributed by atoms with Crippen LogP contribution in [0.1, 0.15) is 0 Å². The van der Waals surface area contributed by atoms with Gasteiger partial charge in [-0.25, -0.2) is 9.97 Å². The van der Waals surface area contributed by atoms with Crippen LogP contribution in [0.25, 0.3) is 100.0 Å². The van der Waals surface area contributed by atoms with Gasteiger partial charge in [-0.15, -0.1) is 0 Å². The first kappa shape index (κ1) is 30.7. The second kappa shape index (κ2) is 12.9. The van der Waals surface area contributed by atoms with E-state index in [1.54, 1.807) is 0 Å². The van der Waals surface area contributed by atoms with Gasteiger partial charge in [0.15, 0.2) is 5.82 Å². The summed E-state index contributed by atoms with van der Waals surface area (Å²) in [6, 6.07) is 68.2. The molecule has 10 aromatic rings. The second-order valence-electron chi connectivity index (χ2n) is 13.4. The van der Waals surface area contributed by atoms with Crippen molar-refractivity contribution in [3.8, 4) is 67.3 Å². The summed E-state index contributed by atoms with van der Waals surface area (Å²) < 4.78 is 6.31. The van der Waals surface area contributed by atoms with Crippen LogP contribution in [0.4, 0.5) is 0 Å². The molecule has 0 bridgehead atoms. The van der Waals surface area contributed by atoms with Gasteiger partial charge in [-0.3, -0.25) is 0 Å². The number of hydrogen-bond donors (Lipinski definition) is 0. The molecule has 0 aliphatic rings. The highest BCUT2D eigenvalue weighted by atomic mass is 16.3. The summed E-state index contributed by atoms with van der Waals surface area (Å²) >= 11 is 0. The fraction of sp³-hybridized carbons (Fsp3) is 0. The third-order valence-corrected chi connectivity index (χ3v) is 10.1. The Labute approximate surface area is 307 Å². The SMILES string of the molecule is c1ccc(-c2cc(-c3ccc4c(c3)oc3ccccc34)cc(-c3cc(-c4ccc(-c5ccc6ccccc6c5)cc4)nc(-c4ccccc4)n3)c2)cc1. The maximum absolute atomic E-state index is 6.31. The van der Waals surface area contributed by atoms with Gasteiger partial charge in [0.25, 0.3) is 0 Å². The smallest absolute Gasteiger partial charge is 0.160 e. The summed E-state index contributed by atoms with van der Waals surface area (Å²) in [5.74, 6) is 0.687. The Balaban J connectivity index is 1.11. The van der Waals surface area contributed by atoms with Gasteiger partial charge < -0.3 is 4.42 Å². The molecule has 0 saturated heterocycles. The van der Waals surface area contributed by atoms with Crippen molar-refractivity contribution in [3.63, 3.8) is 0 Å². The lowest BCUT2D eigenvalue weighted by Gasteiger charge is -2.13. The minimum Gasteiger partial charge on any atom is -0.456 e. The van der Waals surface area contributed by atoms with Crippen molar-refractivity contribution in [2.75, 3.05) is 0 Å². The Hall–Kier alpha value is -7.10. The highest BCUT2D eigenvalue weighted by Gasteiger charge is 2.15. The topological polar surface area (TPSA) is 38.9 Å². The maximum atomic E-state index is 6.31. The molecule has 0 saturated carbocycles. The van der Waals surface area contributed by atoms with Crippen LogP contribution < -0.4 is 0 Å². The van der Waals surface area contributed by atoms with Gasteiger partial charge in [0.05, 0.1) is 11.4 Å². The highest BCUT2D eigenvalue weighted by molar-refractivity contribution is 6.06. The molecule has 0 fully saturated rings. The van der Waals surface area contributed by atoms with Gasteiger partial charge >= 0.3 is 0 Å². The van der Waals surface area contributed by atoms with Crippen LogP contribution in [-0.2, 0) is 0 Å². The van der Waals surface area contributed by atoms with Gasteiger partial charge in [-0.2, -0.15) is 0 Å². The summed E-state index contributed by atoms with van der Waals surface area (Å²) in [7, 11) is 0. The molecule has 10 rings (SSSR count). The number of benzene rings is 8. The first-order valence-corrected chi connectivity index (χ1v) is 17.9. The Morgan fingerprint density at radius 3 is 1.60 bits per heavy atom. The molecular formula is C50H32N2O. The normalized spacial score (nSPS) is 11.4. The quantitative estimate of drug-likeness (QED) is 0.176. The number of hydrogen-bond acceptors (Lipinski definition) is 3. The monoisotopic (exact) mass is 676 g/mol. The first-order valence-electron chi connectivity index (χ1n) is 17.9. The number of furan rings is 1. The minimum absolute atomic E-state index is 0.687. The summed E-state index contributed by atoms with van der Waals surface area (Å²) in [6.45, 7) is 0. The summed E-state index contributed by atoms with van der Waals surface area (Å²) in [5.41, 5.74) is 13.3. The molecule has 248 valence electrons. The fourth-order valence-electron chi connectivity index (χ4n) is 7.31. The van der Waals surface area contributed by atoms with Crippen LogP contribution in [0.3, 0.4) is 0 Å². The molecule has 3 nitrogen and oxygen atoms in total. The maximum Gasteiger partial charge on any atom is 0.160 e. The zero-order valence-corrected chi connectivity index (χ0v) is 28.8. The lowest BCUT2D eigenvalue weighted by molar-refractivity contribution is 0.669. The standard InChI is InChI=1S/C50H32N2O/c1-3-11-33(12-4-1)41-28-42(40-25-26-45-44-17-9-10-18-48(44)53-49(45)31-40)30-43(29-41)47-32-46(51-50(52-47)37-14-5-2-6-15-37)36-22-19-35(20-23-36)39-24-21-34-13-7-8-16-38(34)27-39/h1-32H. The average molecular weight is 677 g/mol. The zero-order valence-electron chi connectivity index (χ0n) is 28.8. The zero-order chi connectivity index (χ0) is 35.1. The van der Waals surface area contributed by atoms with Gasteiger partial charge in [0, 0.05) is 27.5 Å². The molecule has 2 aromatic heterocycles. The van der Waals surface area contributed by atoms with E-state index in [2.05, 4.69) is 164 Å². The van der Waals surface area contributed by atoms with E-state index in [-0.39, 0.29) is 0 Å². The van der Waals surface area contributed by atoms with Crippen molar-refractivity contribution in [3.05, 3.63) is 194 Å². The predicted molar refractivity (Wildman–Crippen MR) is 219 cm³/mol. The van der Waals surface area contributed by atoms with Crippen molar-refractivity contribution in [1.82, 2.24) is 9.97 Å². The summed E-state index contributed by atoms with van der Waals surface area (Å²) in [5, 5.41) is 4.71. The largest absolute Gasteiger partial charge is 0.456 e. The van der Waals surface area contributed by atoms with E-state index in [1.807, 2.05) is 30.3 Å². The molecule has 8 aromatic carbocycles. The molecular weight excluding hydrogens is 645 g/mol. The van der Waals surface area contributed by atoms with E-state index in [1.165, 1.54) is 21.9 Å². The second-order valence-corrected chi connectivity index (χ2v) is 13.4. The van der Waals surface area contributed by atoms with E-state index in [0.29, 0.717) is 5.82 Å². The third-order valence-electron chi connectivity index (χ3n) is 10.1. The van der Waals surface area contributed by atoms with E-state index in [9.17, 15) is 0 Å². The molecule has 0 atom stereocenters. The molecule has 0 aliphatic heterocycles. The van der Waals surface area contributed by atoms with Gasteiger partial charge in [-0.1, -0.05) is 146 Å². The molecule has 53 heavy (non-hydrogen) atoms. The molecule has 0 N–H and O–H groups in total. The van der Waals surface area contributed by atoms with Gasteiger partial charge in [0.1, 0.15) is 11.2 Å². The number of rotatable bonds is 6. The number of fused-ring (bicyclic) bond motifs is 4. The minimum atomic E-state index is 0.687. The fourth-order valence-corrected chi connectivity index (χ4v) is 7.31. The summed E-state index contributed by atoms with van der Waals surface area (Å²) in [4.78, 5) is 10.3. The highest BCUT2D eigenvalue weighted by Crippen LogP contribution is 2.37. The van der Waals surface area contributed by atoms with Crippen molar-refractivity contribution < 1.29 is 4.42 Å². The van der Waals surface area contributed by atoms with Crippen LogP contribution in [0.15, 0.2) is 199 Å². The molecule has 2 heterocycles. The lowest BCUT2D eigenvalue weighted by Crippen LogP contribution is -1.96. The Morgan fingerprint density at radius 2 is 0.811 bits per heavy atom. The van der Waals surface area contributed by atoms with E-state index in [0.717, 1.165) is 72.3 Å². The van der Waals surface area contributed by atoms with E-state index in [4.69, 9.17) is 14.4 Å². The first-order chi connectivity index (χ1) is 26.2. The summed E-state index contributed by atoms with van der Waals surface area (Å²) in [6.07, 6.45) is 0. The molecule has 0 aliphatic carbocycles. The van der Waals surface area contributed by atoms with Crippen molar-refractivity contribution >= 4 is 32.7 Å². The van der Waals surface area contributed by atoms with Gasteiger partial charge in [0.2, 0.25) is 0 Å². The Morgan fingerprint density at radius 1 is 0.283 bits per heavy atom. The van der Waals surface area contributed by atoms with Crippen LogP contribution in [0, 0.1) is 0 Å². The Kier molecular flexibility index (Phi) is 7.47. The van der Waals surface area contributed by atoms with Crippen molar-refractivity contribution in [2.24, 2.45) is 0 Å². The van der Waals surface area contributed by atoms with E-state index < -0.39 is 0 Å². The number of aromatic nitrogens is 2. The number of para-hydroxylation sites is 1. The molecule has 0 amide bonds. The van der Waals surface area contributed by atoms with Crippen molar-refractivity contribution in [2.45, 2.75) is 0 Å².